The quantitative estimate of drug-likeness (QED) is 0.770. The number of ether oxygens (including phenoxy) is 1. The van der Waals surface area contributed by atoms with E-state index in [9.17, 15) is 13.2 Å². The summed E-state index contributed by atoms with van der Waals surface area (Å²) < 4.78 is 45.1. The van der Waals surface area contributed by atoms with Crippen LogP contribution in [-0.2, 0) is 10.9 Å². The van der Waals surface area contributed by atoms with Crippen LogP contribution >= 0.6 is 11.5 Å². The maximum Gasteiger partial charge on any atom is 0.452 e. The van der Waals surface area contributed by atoms with E-state index in [1.54, 1.807) is 0 Å². The first-order valence-corrected chi connectivity index (χ1v) is 6.04. The Morgan fingerprint density at radius 1 is 1.33 bits per heavy atom. The lowest BCUT2D eigenvalue weighted by Gasteiger charge is -2.09. The second-order valence-electron chi connectivity index (χ2n) is 3.76. The van der Waals surface area contributed by atoms with Crippen molar-refractivity contribution in [3.8, 4) is 0 Å². The first-order valence-electron chi connectivity index (χ1n) is 5.27. The average Bonchev–Trinajstić information content (AvgIpc) is 2.71. The molecule has 1 aromatic rings. The number of anilines is 1. The number of alkyl halides is 3. The standard InChI is InChI=1S/C9H15F3N4OS/c1-16(2)4-6-17-5-3-13-8-14-7(15-18-8)9(10,11)12/h3-6H2,1-2H3,(H,13,14,15). The van der Waals surface area contributed by atoms with Crippen LogP contribution in [0.15, 0.2) is 0 Å². The van der Waals surface area contributed by atoms with Gasteiger partial charge in [-0.15, -0.1) is 0 Å². The molecule has 1 heterocycles. The van der Waals surface area contributed by atoms with E-state index in [0.717, 1.165) is 6.54 Å². The molecule has 0 aromatic carbocycles. The summed E-state index contributed by atoms with van der Waals surface area (Å²) in [7, 11) is 3.86. The smallest absolute Gasteiger partial charge is 0.378 e. The molecule has 0 atom stereocenters. The SMILES string of the molecule is CN(C)CCOCCNc1nc(C(F)(F)F)ns1. The fourth-order valence-corrected chi connectivity index (χ4v) is 1.60. The van der Waals surface area contributed by atoms with E-state index in [1.807, 2.05) is 19.0 Å². The first kappa shape index (κ1) is 15.1. The van der Waals surface area contributed by atoms with Crippen LogP contribution in [0.25, 0.3) is 0 Å². The molecule has 9 heteroatoms. The van der Waals surface area contributed by atoms with Gasteiger partial charge < -0.3 is 15.0 Å². The molecular weight excluding hydrogens is 269 g/mol. The summed E-state index contributed by atoms with van der Waals surface area (Å²) in [6.45, 7) is 2.20. The number of nitrogens with one attached hydrogen (secondary N) is 1. The zero-order valence-corrected chi connectivity index (χ0v) is 10.9. The van der Waals surface area contributed by atoms with Gasteiger partial charge in [0.1, 0.15) is 0 Å². The van der Waals surface area contributed by atoms with Crippen molar-refractivity contribution in [3.63, 3.8) is 0 Å². The first-order chi connectivity index (χ1) is 8.39. The Morgan fingerprint density at radius 2 is 2.06 bits per heavy atom. The zero-order chi connectivity index (χ0) is 13.6. The molecule has 0 bridgehead atoms. The fraction of sp³-hybridized carbons (Fsp3) is 0.778. The highest BCUT2D eigenvalue weighted by atomic mass is 32.1. The van der Waals surface area contributed by atoms with Crippen LogP contribution in [0.2, 0.25) is 0 Å². The molecule has 0 saturated heterocycles. The van der Waals surface area contributed by atoms with Gasteiger partial charge in [-0.1, -0.05) is 0 Å². The van der Waals surface area contributed by atoms with Gasteiger partial charge in [0.25, 0.3) is 0 Å². The molecule has 0 spiro atoms. The van der Waals surface area contributed by atoms with Crippen molar-refractivity contribution in [2.24, 2.45) is 0 Å². The molecule has 18 heavy (non-hydrogen) atoms. The lowest BCUT2D eigenvalue weighted by molar-refractivity contribution is -0.144. The van der Waals surface area contributed by atoms with E-state index in [0.29, 0.717) is 31.3 Å². The normalized spacial score (nSPS) is 12.1. The molecule has 0 radical (unpaired) electrons. The Labute approximate surface area is 107 Å². The van der Waals surface area contributed by atoms with Crippen LogP contribution in [-0.4, -0.2) is 54.7 Å². The van der Waals surface area contributed by atoms with Gasteiger partial charge in [-0.05, 0) is 14.1 Å². The molecule has 0 amide bonds. The van der Waals surface area contributed by atoms with Crippen LogP contribution in [0.5, 0.6) is 0 Å². The fourth-order valence-electron chi connectivity index (χ4n) is 0.990. The van der Waals surface area contributed by atoms with Crippen LogP contribution in [0.4, 0.5) is 18.3 Å². The molecule has 0 unspecified atom stereocenters. The third-order valence-electron chi connectivity index (χ3n) is 1.89. The van der Waals surface area contributed by atoms with E-state index >= 15 is 0 Å². The molecule has 1 aromatic heterocycles. The molecule has 0 saturated carbocycles. The van der Waals surface area contributed by atoms with Gasteiger partial charge in [-0.2, -0.15) is 22.5 Å². The van der Waals surface area contributed by atoms with Crippen molar-refractivity contribution in [2.45, 2.75) is 6.18 Å². The van der Waals surface area contributed by atoms with Gasteiger partial charge in [-0.3, -0.25) is 0 Å². The Kier molecular flexibility index (Phi) is 5.76. The Hall–Kier alpha value is -0.930. The summed E-state index contributed by atoms with van der Waals surface area (Å²) >= 11 is 0.689. The number of halogens is 3. The predicted molar refractivity (Wildman–Crippen MR) is 62.8 cm³/mol. The third kappa shape index (κ3) is 5.61. The summed E-state index contributed by atoms with van der Waals surface area (Å²) in [6.07, 6.45) is -4.49. The highest BCUT2D eigenvalue weighted by molar-refractivity contribution is 7.09. The van der Waals surface area contributed by atoms with Gasteiger partial charge in [0.2, 0.25) is 11.0 Å². The molecule has 0 aliphatic heterocycles. The van der Waals surface area contributed by atoms with Gasteiger partial charge >= 0.3 is 6.18 Å². The van der Waals surface area contributed by atoms with E-state index in [1.165, 1.54) is 0 Å². The highest BCUT2D eigenvalue weighted by Gasteiger charge is 2.36. The van der Waals surface area contributed by atoms with Crippen LogP contribution in [0.1, 0.15) is 5.82 Å². The number of nitrogens with zero attached hydrogens (tertiary/aromatic N) is 3. The van der Waals surface area contributed by atoms with Gasteiger partial charge in [0.15, 0.2) is 0 Å². The monoisotopic (exact) mass is 284 g/mol. The molecule has 0 aliphatic rings. The molecular formula is C9H15F3N4OS. The third-order valence-corrected chi connectivity index (χ3v) is 2.56. The Balaban J connectivity index is 2.18. The number of hydrogen-bond donors (Lipinski definition) is 1. The number of likely N-dealkylation sites (N-methyl/N-ethyl adjacent to an activating group) is 1. The molecule has 5 nitrogen and oxygen atoms in total. The van der Waals surface area contributed by atoms with Crippen molar-refractivity contribution in [2.75, 3.05) is 45.7 Å². The van der Waals surface area contributed by atoms with Crippen LogP contribution < -0.4 is 5.32 Å². The average molecular weight is 284 g/mol. The van der Waals surface area contributed by atoms with Crippen LogP contribution in [0, 0.1) is 0 Å². The minimum atomic E-state index is -4.49. The van der Waals surface area contributed by atoms with E-state index in [-0.39, 0.29) is 5.13 Å². The molecule has 0 aliphatic carbocycles. The number of rotatable bonds is 7. The topological polar surface area (TPSA) is 50.3 Å². The van der Waals surface area contributed by atoms with Crippen molar-refractivity contribution in [1.29, 1.82) is 0 Å². The maximum atomic E-state index is 12.2. The molecule has 104 valence electrons. The van der Waals surface area contributed by atoms with Crippen molar-refractivity contribution < 1.29 is 17.9 Å². The minimum Gasteiger partial charge on any atom is -0.378 e. The van der Waals surface area contributed by atoms with Gasteiger partial charge in [-0.25, -0.2) is 0 Å². The Bertz CT molecular complexity index is 356. The lowest BCUT2D eigenvalue weighted by atomic mass is 10.6. The maximum absolute atomic E-state index is 12.2. The predicted octanol–water partition coefficient (Wildman–Crippen LogP) is 1.55. The van der Waals surface area contributed by atoms with Crippen molar-refractivity contribution in [3.05, 3.63) is 5.82 Å². The number of hydrogen-bond acceptors (Lipinski definition) is 6. The van der Waals surface area contributed by atoms with Crippen LogP contribution in [0.3, 0.4) is 0 Å². The largest absolute Gasteiger partial charge is 0.452 e. The molecule has 1 rings (SSSR count). The highest BCUT2D eigenvalue weighted by Crippen LogP contribution is 2.28. The summed E-state index contributed by atoms with van der Waals surface area (Å²) in [5, 5.41) is 2.88. The summed E-state index contributed by atoms with van der Waals surface area (Å²) in [5.41, 5.74) is 0. The summed E-state index contributed by atoms with van der Waals surface area (Å²) in [6, 6.07) is 0. The van der Waals surface area contributed by atoms with E-state index < -0.39 is 12.0 Å². The van der Waals surface area contributed by atoms with Crippen molar-refractivity contribution in [1.82, 2.24) is 14.3 Å². The Morgan fingerprint density at radius 3 is 2.61 bits per heavy atom. The number of aromatic nitrogens is 2. The van der Waals surface area contributed by atoms with Gasteiger partial charge in [0.05, 0.1) is 13.2 Å². The zero-order valence-electron chi connectivity index (χ0n) is 10.1. The van der Waals surface area contributed by atoms with Gasteiger partial charge in [0, 0.05) is 24.6 Å². The summed E-state index contributed by atoms with van der Waals surface area (Å²) in [5.74, 6) is -1.11. The van der Waals surface area contributed by atoms with E-state index in [4.69, 9.17) is 4.74 Å². The lowest BCUT2D eigenvalue weighted by Crippen LogP contribution is -2.20. The van der Waals surface area contributed by atoms with E-state index in [2.05, 4.69) is 14.7 Å². The minimum absolute atomic E-state index is 0.151. The molecule has 1 N–H and O–H groups in total. The molecule has 0 fully saturated rings. The second kappa shape index (κ2) is 6.86. The van der Waals surface area contributed by atoms with Crippen molar-refractivity contribution >= 4 is 16.7 Å². The second-order valence-corrected chi connectivity index (χ2v) is 4.52. The summed E-state index contributed by atoms with van der Waals surface area (Å²) in [4.78, 5) is 5.31.